The Labute approximate surface area is 61.5 Å². The highest BCUT2D eigenvalue weighted by Crippen LogP contribution is 2.12. The monoisotopic (exact) mass is 138 g/mol. The normalized spacial score (nSPS) is 18.1. The Bertz CT molecular complexity index is 165. The average Bonchev–Trinajstić information content (AvgIpc) is 1.88. The van der Waals surface area contributed by atoms with Gasteiger partial charge in [0.25, 0.3) is 0 Å². The Balaban J connectivity index is 2.60. The van der Waals surface area contributed by atoms with E-state index in [9.17, 15) is 5.11 Å². The van der Waals surface area contributed by atoms with Crippen LogP contribution in [0.3, 0.4) is 0 Å². The van der Waals surface area contributed by atoms with Gasteiger partial charge in [-0.1, -0.05) is 12.2 Å². The smallest absolute Gasteiger partial charge is 0.132 e. The maximum atomic E-state index is 9.46. The van der Waals surface area contributed by atoms with Gasteiger partial charge in [0.1, 0.15) is 5.72 Å². The molecule has 0 unspecified atom stereocenters. The third-order valence-electron chi connectivity index (χ3n) is 1.45. The summed E-state index contributed by atoms with van der Waals surface area (Å²) in [5.41, 5.74) is -0.766. The summed E-state index contributed by atoms with van der Waals surface area (Å²) in [6.07, 6.45) is 8.47. The van der Waals surface area contributed by atoms with Gasteiger partial charge in [0.15, 0.2) is 0 Å². The summed E-state index contributed by atoms with van der Waals surface area (Å²) in [6, 6.07) is 0. The molecule has 0 aromatic rings. The molecule has 1 heterocycles. The van der Waals surface area contributed by atoms with Crippen LogP contribution in [0.1, 0.15) is 13.8 Å². The largest absolute Gasteiger partial charge is 0.371 e. The lowest BCUT2D eigenvalue weighted by Gasteiger charge is -2.32. The molecule has 2 heteroatoms. The van der Waals surface area contributed by atoms with Crippen LogP contribution < -0.4 is 0 Å². The van der Waals surface area contributed by atoms with Gasteiger partial charge >= 0.3 is 0 Å². The topological polar surface area (TPSA) is 23.5 Å². The zero-order valence-electron chi connectivity index (χ0n) is 6.33. The van der Waals surface area contributed by atoms with E-state index in [4.69, 9.17) is 0 Å². The molecule has 0 aliphatic carbocycles. The molecule has 0 spiro atoms. The van der Waals surface area contributed by atoms with Gasteiger partial charge < -0.3 is 10.0 Å². The molecule has 1 radical (unpaired) electrons. The Morgan fingerprint density at radius 2 is 2.30 bits per heavy atom. The maximum Gasteiger partial charge on any atom is 0.132 e. The lowest BCUT2D eigenvalue weighted by molar-refractivity contribution is -0.0444. The average molecular weight is 138 g/mol. The summed E-state index contributed by atoms with van der Waals surface area (Å²) in [4.78, 5) is 1.81. The van der Waals surface area contributed by atoms with E-state index in [1.807, 2.05) is 17.1 Å². The van der Waals surface area contributed by atoms with E-state index >= 15 is 0 Å². The van der Waals surface area contributed by atoms with Crippen molar-refractivity contribution in [3.63, 3.8) is 0 Å². The highest BCUT2D eigenvalue weighted by Gasteiger charge is 2.19. The van der Waals surface area contributed by atoms with E-state index in [-0.39, 0.29) is 0 Å². The van der Waals surface area contributed by atoms with Gasteiger partial charge in [-0.3, -0.25) is 0 Å². The first-order valence-corrected chi connectivity index (χ1v) is 3.34. The SMILES string of the molecule is CC(C)(O)N1C=[C]C=CC1. The molecule has 0 atom stereocenters. The number of hydrogen-bond acceptors (Lipinski definition) is 2. The van der Waals surface area contributed by atoms with Gasteiger partial charge in [0, 0.05) is 12.7 Å². The molecule has 0 aromatic carbocycles. The standard InChI is InChI=1S/C8H12NO/c1-8(2,10)9-6-4-3-5-7-9/h3-4,7,10H,6H2,1-2H3. The van der Waals surface area contributed by atoms with Crippen LogP contribution in [-0.2, 0) is 0 Å². The Morgan fingerprint density at radius 3 is 2.60 bits per heavy atom. The van der Waals surface area contributed by atoms with Crippen molar-refractivity contribution >= 4 is 0 Å². The molecule has 0 amide bonds. The Kier molecular flexibility index (Phi) is 1.81. The molecular formula is C8H12NO. The van der Waals surface area contributed by atoms with Crippen molar-refractivity contribution in [3.8, 4) is 0 Å². The number of aliphatic hydroxyl groups is 1. The zero-order valence-corrected chi connectivity index (χ0v) is 6.33. The van der Waals surface area contributed by atoms with Gasteiger partial charge in [0.05, 0.1) is 0 Å². The summed E-state index contributed by atoms with van der Waals surface area (Å²) in [7, 11) is 0. The van der Waals surface area contributed by atoms with Gasteiger partial charge in [-0.05, 0) is 19.9 Å². The second-order valence-corrected chi connectivity index (χ2v) is 2.84. The first kappa shape index (κ1) is 7.35. The van der Waals surface area contributed by atoms with Crippen molar-refractivity contribution in [2.75, 3.05) is 6.54 Å². The minimum Gasteiger partial charge on any atom is -0.371 e. The maximum absolute atomic E-state index is 9.46. The first-order chi connectivity index (χ1) is 4.61. The predicted molar refractivity (Wildman–Crippen MR) is 40.0 cm³/mol. The summed E-state index contributed by atoms with van der Waals surface area (Å²) >= 11 is 0. The minimum atomic E-state index is -0.766. The first-order valence-electron chi connectivity index (χ1n) is 3.34. The van der Waals surface area contributed by atoms with Gasteiger partial charge in [-0.25, -0.2) is 0 Å². The second kappa shape index (κ2) is 2.46. The molecule has 1 aliphatic rings. The van der Waals surface area contributed by atoms with Gasteiger partial charge in [-0.15, -0.1) is 0 Å². The summed E-state index contributed by atoms with van der Waals surface area (Å²) in [5, 5.41) is 9.46. The molecule has 55 valence electrons. The fourth-order valence-electron chi connectivity index (χ4n) is 0.801. The van der Waals surface area contributed by atoms with Crippen LogP contribution in [0.25, 0.3) is 0 Å². The van der Waals surface area contributed by atoms with E-state index in [1.54, 1.807) is 20.0 Å². The fraction of sp³-hybridized carbons (Fsp3) is 0.500. The molecule has 1 aliphatic heterocycles. The van der Waals surface area contributed by atoms with Crippen molar-refractivity contribution in [2.45, 2.75) is 19.6 Å². The van der Waals surface area contributed by atoms with Crippen LogP contribution >= 0.6 is 0 Å². The van der Waals surface area contributed by atoms with Crippen LogP contribution in [-0.4, -0.2) is 22.3 Å². The van der Waals surface area contributed by atoms with E-state index < -0.39 is 5.72 Å². The highest BCUT2D eigenvalue weighted by molar-refractivity contribution is 5.04. The van der Waals surface area contributed by atoms with E-state index in [1.165, 1.54) is 0 Å². The Hall–Kier alpha value is -0.760. The molecule has 1 N–H and O–H groups in total. The fourth-order valence-corrected chi connectivity index (χ4v) is 0.801. The zero-order chi connectivity index (χ0) is 7.61. The quantitative estimate of drug-likeness (QED) is 0.582. The summed E-state index contributed by atoms with van der Waals surface area (Å²) in [6.45, 7) is 4.27. The number of hydrogen-bond donors (Lipinski definition) is 1. The molecule has 0 saturated heterocycles. The number of rotatable bonds is 1. The summed E-state index contributed by atoms with van der Waals surface area (Å²) < 4.78 is 0. The van der Waals surface area contributed by atoms with E-state index in [2.05, 4.69) is 6.08 Å². The van der Waals surface area contributed by atoms with Crippen molar-refractivity contribution in [1.29, 1.82) is 0 Å². The molecule has 0 fully saturated rings. The molecule has 2 nitrogen and oxygen atoms in total. The lowest BCUT2D eigenvalue weighted by atomic mass is 10.2. The van der Waals surface area contributed by atoms with Crippen molar-refractivity contribution < 1.29 is 5.11 Å². The molecule has 0 aromatic heterocycles. The van der Waals surface area contributed by atoms with E-state index in [0.717, 1.165) is 6.54 Å². The van der Waals surface area contributed by atoms with Crippen molar-refractivity contribution in [3.05, 3.63) is 24.4 Å². The summed E-state index contributed by atoms with van der Waals surface area (Å²) in [5.74, 6) is 0. The minimum absolute atomic E-state index is 0.760. The van der Waals surface area contributed by atoms with Gasteiger partial charge in [0.2, 0.25) is 0 Å². The molecule has 1 rings (SSSR count). The van der Waals surface area contributed by atoms with Gasteiger partial charge in [-0.2, -0.15) is 0 Å². The molecule has 0 bridgehead atoms. The third kappa shape index (κ3) is 1.61. The van der Waals surface area contributed by atoms with Crippen LogP contribution in [0.4, 0.5) is 0 Å². The van der Waals surface area contributed by atoms with Crippen LogP contribution in [0, 0.1) is 6.08 Å². The second-order valence-electron chi connectivity index (χ2n) is 2.84. The highest BCUT2D eigenvalue weighted by atomic mass is 16.3. The predicted octanol–water partition coefficient (Wildman–Crippen LogP) is 0.903. The number of nitrogens with zero attached hydrogens (tertiary/aromatic N) is 1. The van der Waals surface area contributed by atoms with E-state index in [0.29, 0.717) is 0 Å². The molecule has 10 heavy (non-hydrogen) atoms. The van der Waals surface area contributed by atoms with Crippen LogP contribution in [0.5, 0.6) is 0 Å². The third-order valence-corrected chi connectivity index (χ3v) is 1.45. The van der Waals surface area contributed by atoms with Crippen LogP contribution in [0.2, 0.25) is 0 Å². The van der Waals surface area contributed by atoms with Crippen molar-refractivity contribution in [2.24, 2.45) is 0 Å². The molecular weight excluding hydrogens is 126 g/mol. The molecule has 0 saturated carbocycles. The number of allylic oxidation sites excluding steroid dienone is 2. The Morgan fingerprint density at radius 1 is 1.60 bits per heavy atom. The van der Waals surface area contributed by atoms with Crippen molar-refractivity contribution in [1.82, 2.24) is 4.90 Å². The lowest BCUT2D eigenvalue weighted by Crippen LogP contribution is -2.40. The van der Waals surface area contributed by atoms with Crippen LogP contribution in [0.15, 0.2) is 18.4 Å².